The van der Waals surface area contributed by atoms with Crippen LogP contribution in [0.4, 0.5) is 0 Å². The number of ketones is 1. The second kappa shape index (κ2) is 7.05. The number of hydrogen-bond donors (Lipinski definition) is 0. The summed E-state index contributed by atoms with van der Waals surface area (Å²) in [5.74, 6) is 0.813. The van der Waals surface area contributed by atoms with Gasteiger partial charge >= 0.3 is 0 Å². The molecule has 2 heteroatoms. The highest BCUT2D eigenvalue weighted by Crippen LogP contribution is 2.31. The Labute approximate surface area is 99.8 Å². The van der Waals surface area contributed by atoms with Crippen molar-refractivity contribution in [3.05, 3.63) is 0 Å². The van der Waals surface area contributed by atoms with Gasteiger partial charge in [0.05, 0.1) is 6.10 Å². The summed E-state index contributed by atoms with van der Waals surface area (Å²) >= 11 is 0. The van der Waals surface area contributed by atoms with Gasteiger partial charge in [0.1, 0.15) is 6.10 Å². The fourth-order valence-electron chi connectivity index (χ4n) is 2.11. The monoisotopic (exact) mass is 226 g/mol. The number of ether oxygens (including phenoxy) is 1. The minimum Gasteiger partial charge on any atom is -0.361 e. The van der Waals surface area contributed by atoms with Gasteiger partial charge in [0.15, 0.2) is 5.78 Å². The van der Waals surface area contributed by atoms with Crippen LogP contribution >= 0.6 is 0 Å². The number of carbonyl (C=O) groups excluding carboxylic acids is 1. The molecule has 1 saturated heterocycles. The molecule has 0 radical (unpaired) electrons. The van der Waals surface area contributed by atoms with Crippen molar-refractivity contribution in [2.24, 2.45) is 5.92 Å². The van der Waals surface area contributed by atoms with Crippen LogP contribution in [0.25, 0.3) is 0 Å². The van der Waals surface area contributed by atoms with Crippen LogP contribution < -0.4 is 0 Å². The molecular formula is C14H26O2. The van der Waals surface area contributed by atoms with Crippen LogP contribution in [0.3, 0.4) is 0 Å². The lowest BCUT2D eigenvalue weighted by Crippen LogP contribution is -2.12. The van der Waals surface area contributed by atoms with Crippen molar-refractivity contribution < 1.29 is 9.53 Å². The second-order valence-corrected chi connectivity index (χ2v) is 5.25. The maximum Gasteiger partial charge on any atom is 0.164 e. The lowest BCUT2D eigenvalue weighted by Gasteiger charge is -2.00. The molecule has 1 aliphatic heterocycles. The first-order valence-electron chi connectivity index (χ1n) is 6.85. The van der Waals surface area contributed by atoms with Crippen LogP contribution in [-0.4, -0.2) is 18.0 Å². The second-order valence-electron chi connectivity index (χ2n) is 5.25. The molecule has 1 aliphatic rings. The van der Waals surface area contributed by atoms with Gasteiger partial charge in [-0.3, -0.25) is 4.79 Å². The molecule has 0 aromatic rings. The van der Waals surface area contributed by atoms with E-state index in [0.29, 0.717) is 11.7 Å². The first-order chi connectivity index (χ1) is 7.66. The molecule has 1 rings (SSSR count). The van der Waals surface area contributed by atoms with E-state index in [1.165, 1.54) is 32.1 Å². The van der Waals surface area contributed by atoms with Gasteiger partial charge in [0, 0.05) is 6.42 Å². The molecule has 94 valence electrons. The zero-order valence-electron chi connectivity index (χ0n) is 11.0. The molecule has 1 heterocycles. The molecule has 1 fully saturated rings. The molecule has 0 bridgehead atoms. The number of carbonyl (C=O) groups is 1. The highest BCUT2D eigenvalue weighted by Gasteiger charge is 2.45. The standard InChI is InChI=1S/C14H26O2/c1-4-5-6-7-8-9-10-12(15)14-13(16-14)11(2)3/h11,13-14H,4-10H2,1-3H3/t13-,14-/m1/s1. The number of rotatable bonds is 9. The Morgan fingerprint density at radius 2 is 1.75 bits per heavy atom. The smallest absolute Gasteiger partial charge is 0.164 e. The summed E-state index contributed by atoms with van der Waals surface area (Å²) in [5.41, 5.74) is 0. The topological polar surface area (TPSA) is 29.6 Å². The fraction of sp³-hybridized carbons (Fsp3) is 0.929. The predicted molar refractivity (Wildman–Crippen MR) is 66.5 cm³/mol. The van der Waals surface area contributed by atoms with Crippen molar-refractivity contribution in [3.8, 4) is 0 Å². The van der Waals surface area contributed by atoms with Crippen molar-refractivity contribution in [3.63, 3.8) is 0 Å². The Kier molecular flexibility index (Phi) is 6.04. The predicted octanol–water partition coefficient (Wildman–Crippen LogP) is 3.73. The quantitative estimate of drug-likeness (QED) is 0.443. The van der Waals surface area contributed by atoms with Gasteiger partial charge < -0.3 is 4.74 Å². The minimum absolute atomic E-state index is 0.0596. The molecule has 0 saturated carbocycles. The third-order valence-corrected chi connectivity index (χ3v) is 3.28. The van der Waals surface area contributed by atoms with Crippen molar-refractivity contribution in [2.75, 3.05) is 0 Å². The zero-order valence-corrected chi connectivity index (χ0v) is 11.0. The summed E-state index contributed by atoms with van der Waals surface area (Å²) in [6.07, 6.45) is 8.33. The molecule has 2 nitrogen and oxygen atoms in total. The van der Waals surface area contributed by atoms with E-state index in [0.717, 1.165) is 12.8 Å². The summed E-state index contributed by atoms with van der Waals surface area (Å²) in [6, 6.07) is 0. The van der Waals surface area contributed by atoms with E-state index < -0.39 is 0 Å². The fourth-order valence-corrected chi connectivity index (χ4v) is 2.11. The van der Waals surface area contributed by atoms with Gasteiger partial charge in [0.2, 0.25) is 0 Å². The van der Waals surface area contributed by atoms with Gasteiger partial charge in [-0.15, -0.1) is 0 Å². The Morgan fingerprint density at radius 1 is 1.12 bits per heavy atom. The highest BCUT2D eigenvalue weighted by molar-refractivity contribution is 5.85. The number of epoxide rings is 1. The van der Waals surface area contributed by atoms with Gasteiger partial charge in [-0.25, -0.2) is 0 Å². The zero-order chi connectivity index (χ0) is 12.0. The molecule has 0 aromatic carbocycles. The van der Waals surface area contributed by atoms with Crippen LogP contribution in [-0.2, 0) is 9.53 Å². The van der Waals surface area contributed by atoms with Crippen molar-refractivity contribution in [1.82, 2.24) is 0 Å². The van der Waals surface area contributed by atoms with E-state index >= 15 is 0 Å². The maximum absolute atomic E-state index is 11.7. The average Bonchev–Trinajstić information content (AvgIpc) is 3.02. The van der Waals surface area contributed by atoms with Gasteiger partial charge in [-0.1, -0.05) is 52.9 Å². The lowest BCUT2D eigenvalue weighted by molar-refractivity contribution is -0.120. The van der Waals surface area contributed by atoms with Crippen molar-refractivity contribution in [1.29, 1.82) is 0 Å². The van der Waals surface area contributed by atoms with E-state index in [2.05, 4.69) is 20.8 Å². The van der Waals surface area contributed by atoms with E-state index in [4.69, 9.17) is 4.74 Å². The maximum atomic E-state index is 11.7. The first-order valence-corrected chi connectivity index (χ1v) is 6.85. The van der Waals surface area contributed by atoms with Crippen LogP contribution in [0.1, 0.15) is 65.7 Å². The third kappa shape index (κ3) is 4.65. The minimum atomic E-state index is -0.0596. The molecule has 0 aliphatic carbocycles. The van der Waals surface area contributed by atoms with Gasteiger partial charge in [-0.2, -0.15) is 0 Å². The molecule has 0 unspecified atom stereocenters. The first kappa shape index (κ1) is 13.7. The van der Waals surface area contributed by atoms with Crippen molar-refractivity contribution in [2.45, 2.75) is 77.9 Å². The van der Waals surface area contributed by atoms with E-state index in [-0.39, 0.29) is 12.2 Å². The van der Waals surface area contributed by atoms with Gasteiger partial charge in [0.25, 0.3) is 0 Å². The highest BCUT2D eigenvalue weighted by atomic mass is 16.6. The number of hydrogen-bond acceptors (Lipinski definition) is 2. The largest absolute Gasteiger partial charge is 0.361 e. The Balaban J connectivity index is 1.96. The molecule has 0 amide bonds. The summed E-state index contributed by atoms with van der Waals surface area (Å²) < 4.78 is 5.39. The van der Waals surface area contributed by atoms with Crippen LogP contribution in [0.5, 0.6) is 0 Å². The SMILES string of the molecule is CCCCCCCCC(=O)[C@H]1O[C@@H]1C(C)C. The lowest BCUT2D eigenvalue weighted by atomic mass is 10.0. The Bertz CT molecular complexity index is 211. The molecule has 0 N–H and O–H groups in total. The molecule has 0 aromatic heterocycles. The molecule has 2 atom stereocenters. The molecular weight excluding hydrogens is 200 g/mol. The number of unbranched alkanes of at least 4 members (excludes halogenated alkanes) is 5. The van der Waals surface area contributed by atoms with E-state index in [1.54, 1.807) is 0 Å². The summed E-state index contributed by atoms with van der Waals surface area (Å²) in [5, 5.41) is 0. The van der Waals surface area contributed by atoms with Crippen molar-refractivity contribution >= 4 is 5.78 Å². The third-order valence-electron chi connectivity index (χ3n) is 3.28. The molecule has 0 spiro atoms. The normalized spacial score (nSPS) is 23.8. The Morgan fingerprint density at radius 3 is 2.31 bits per heavy atom. The van der Waals surface area contributed by atoms with Crippen LogP contribution in [0.2, 0.25) is 0 Å². The number of Topliss-reactive ketones (excluding diaryl/α,β-unsaturated/α-hetero) is 1. The molecule has 16 heavy (non-hydrogen) atoms. The van der Waals surface area contributed by atoms with E-state index in [9.17, 15) is 4.79 Å². The van der Waals surface area contributed by atoms with Crippen LogP contribution in [0.15, 0.2) is 0 Å². The van der Waals surface area contributed by atoms with E-state index in [1.807, 2.05) is 0 Å². The summed E-state index contributed by atoms with van der Waals surface area (Å²) in [4.78, 5) is 11.7. The summed E-state index contributed by atoms with van der Waals surface area (Å²) in [7, 11) is 0. The summed E-state index contributed by atoms with van der Waals surface area (Å²) in [6.45, 7) is 6.45. The average molecular weight is 226 g/mol. The van der Waals surface area contributed by atoms with Crippen LogP contribution in [0, 0.1) is 5.92 Å². The van der Waals surface area contributed by atoms with Gasteiger partial charge in [-0.05, 0) is 12.3 Å². The Hall–Kier alpha value is -0.370.